The molecule has 0 radical (unpaired) electrons. The Labute approximate surface area is 217 Å². The number of amides is 1. The van der Waals surface area contributed by atoms with Gasteiger partial charge >= 0.3 is 6.61 Å². The van der Waals surface area contributed by atoms with Crippen molar-refractivity contribution >= 4 is 16.8 Å². The normalized spacial score (nSPS) is 15.4. The number of rotatable bonds is 9. The number of nitrogens with one attached hydrogen (secondary N) is 2. The van der Waals surface area contributed by atoms with Gasteiger partial charge in [-0.25, -0.2) is 8.78 Å². The largest absolute Gasteiger partial charge is 0.434 e. The average molecular weight is 537 g/mol. The van der Waals surface area contributed by atoms with E-state index in [1.54, 1.807) is 11.8 Å². The van der Waals surface area contributed by atoms with Crippen LogP contribution in [-0.2, 0) is 13.1 Å². The second-order valence-electron chi connectivity index (χ2n) is 10.1. The number of H-pyrrole nitrogens is 1. The maximum atomic E-state index is 13.4. The molecular formula is C27H32F4N4O3. The van der Waals surface area contributed by atoms with E-state index >= 15 is 0 Å². The number of hydrogen-bond donors (Lipinski definition) is 2. The molecule has 0 bridgehead atoms. The molecule has 2 N–H and O–H groups in total. The molecule has 0 unspecified atom stereocenters. The number of alkyl halides is 4. The highest BCUT2D eigenvalue weighted by molar-refractivity contribution is 6.08. The lowest BCUT2D eigenvalue weighted by Crippen LogP contribution is -2.41. The van der Waals surface area contributed by atoms with Gasteiger partial charge in [0.25, 0.3) is 17.4 Å². The average Bonchev–Trinajstić information content (AvgIpc) is 3.09. The summed E-state index contributed by atoms with van der Waals surface area (Å²) in [5.74, 6) is -3.19. The molecule has 1 amide bonds. The molecule has 0 atom stereocenters. The summed E-state index contributed by atoms with van der Waals surface area (Å²) < 4.78 is 59.2. The summed E-state index contributed by atoms with van der Waals surface area (Å²) in [5, 5.41) is 3.42. The highest BCUT2D eigenvalue weighted by Crippen LogP contribution is 2.30. The van der Waals surface area contributed by atoms with Gasteiger partial charge in [-0.1, -0.05) is 18.2 Å². The molecule has 0 saturated carbocycles. The SMILES string of the molecule is Cc1cc(OC(F)F)c(CNC(=O)c2c(C)n(CC3CCN(CC(C)(F)F)CC3)c3ccccc23)c(=O)[nH]1. The molecule has 1 saturated heterocycles. The first-order chi connectivity index (χ1) is 17.9. The second-order valence-corrected chi connectivity index (χ2v) is 10.1. The van der Waals surface area contributed by atoms with Crippen molar-refractivity contribution < 1.29 is 27.1 Å². The van der Waals surface area contributed by atoms with Crippen LogP contribution in [0.1, 0.15) is 47.1 Å². The van der Waals surface area contributed by atoms with Gasteiger partial charge in [0, 0.05) is 41.8 Å². The van der Waals surface area contributed by atoms with Crippen LogP contribution in [0.3, 0.4) is 0 Å². The zero-order valence-corrected chi connectivity index (χ0v) is 21.6. The van der Waals surface area contributed by atoms with Crippen molar-refractivity contribution in [2.45, 2.75) is 59.2 Å². The fourth-order valence-electron chi connectivity index (χ4n) is 5.24. The van der Waals surface area contributed by atoms with Crippen LogP contribution in [0.4, 0.5) is 17.6 Å². The topological polar surface area (TPSA) is 79.4 Å². The van der Waals surface area contributed by atoms with Crippen LogP contribution < -0.4 is 15.6 Å². The predicted molar refractivity (Wildman–Crippen MR) is 136 cm³/mol. The molecule has 1 fully saturated rings. The van der Waals surface area contributed by atoms with Crippen molar-refractivity contribution in [3.05, 3.63) is 63.2 Å². The summed E-state index contributed by atoms with van der Waals surface area (Å²) in [6, 6.07) is 8.76. The maximum absolute atomic E-state index is 13.4. The summed E-state index contributed by atoms with van der Waals surface area (Å²) >= 11 is 0. The van der Waals surface area contributed by atoms with Crippen LogP contribution in [0, 0.1) is 19.8 Å². The van der Waals surface area contributed by atoms with Crippen molar-refractivity contribution in [2.24, 2.45) is 5.92 Å². The van der Waals surface area contributed by atoms with Crippen molar-refractivity contribution in [3.63, 3.8) is 0 Å². The number of carbonyl (C=O) groups excluding carboxylic acids is 1. The van der Waals surface area contributed by atoms with E-state index < -0.39 is 24.0 Å². The number of ether oxygens (including phenoxy) is 1. The third kappa shape index (κ3) is 6.38. The van der Waals surface area contributed by atoms with Crippen LogP contribution in [0.5, 0.6) is 5.75 Å². The van der Waals surface area contributed by atoms with E-state index in [9.17, 15) is 27.2 Å². The number of fused-ring (bicyclic) bond motifs is 1. The Morgan fingerprint density at radius 3 is 2.55 bits per heavy atom. The van der Waals surface area contributed by atoms with Gasteiger partial charge in [-0.3, -0.25) is 14.5 Å². The molecule has 3 heterocycles. The Morgan fingerprint density at radius 2 is 1.89 bits per heavy atom. The summed E-state index contributed by atoms with van der Waals surface area (Å²) in [7, 11) is 0. The standard InChI is InChI=1S/C27H32F4N4O3/c1-16-12-22(38-26(28)29)20(24(36)33-16)13-32-25(37)23-17(2)35(21-7-5-4-6-19(21)23)14-18-8-10-34(11-9-18)15-27(3,30)31/h4-7,12,18,26H,8-11,13-15H2,1-3H3,(H,32,37)(H,33,36). The highest BCUT2D eigenvalue weighted by atomic mass is 19.3. The van der Waals surface area contributed by atoms with Gasteiger partial charge < -0.3 is 19.6 Å². The first-order valence-corrected chi connectivity index (χ1v) is 12.6. The molecule has 0 spiro atoms. The Hall–Kier alpha value is -3.34. The monoisotopic (exact) mass is 536 g/mol. The molecule has 1 aliphatic rings. The number of benzene rings is 1. The van der Waals surface area contributed by atoms with E-state index in [1.807, 2.05) is 31.2 Å². The Bertz CT molecular complexity index is 1350. The van der Waals surface area contributed by atoms with Gasteiger partial charge in [0.05, 0.1) is 24.2 Å². The predicted octanol–water partition coefficient (Wildman–Crippen LogP) is 4.85. The van der Waals surface area contributed by atoms with Crippen LogP contribution in [0.15, 0.2) is 35.1 Å². The number of piperidine rings is 1. The summed E-state index contributed by atoms with van der Waals surface area (Å²) in [6.07, 6.45) is 1.54. The number of aromatic nitrogens is 2. The zero-order chi connectivity index (χ0) is 27.6. The number of para-hydroxylation sites is 1. The third-order valence-electron chi connectivity index (χ3n) is 6.98. The molecule has 206 valence electrons. The van der Waals surface area contributed by atoms with E-state index in [0.29, 0.717) is 30.9 Å². The van der Waals surface area contributed by atoms with Crippen molar-refractivity contribution in [1.82, 2.24) is 19.8 Å². The summed E-state index contributed by atoms with van der Waals surface area (Å²) in [4.78, 5) is 30.1. The highest BCUT2D eigenvalue weighted by Gasteiger charge is 2.29. The molecule has 1 aliphatic heterocycles. The minimum atomic E-state index is -3.11. The minimum absolute atomic E-state index is 0.102. The molecular weight excluding hydrogens is 504 g/mol. The van der Waals surface area contributed by atoms with Crippen molar-refractivity contribution in [1.29, 1.82) is 0 Å². The van der Waals surface area contributed by atoms with Gasteiger partial charge in [-0.2, -0.15) is 8.78 Å². The smallest absolute Gasteiger partial charge is 0.387 e. The number of pyridine rings is 1. The number of hydrogen-bond acceptors (Lipinski definition) is 4. The molecule has 7 nitrogen and oxygen atoms in total. The minimum Gasteiger partial charge on any atom is -0.434 e. The van der Waals surface area contributed by atoms with Gasteiger partial charge in [0.2, 0.25) is 0 Å². The van der Waals surface area contributed by atoms with Gasteiger partial charge in [0.15, 0.2) is 0 Å². The van der Waals surface area contributed by atoms with Gasteiger partial charge in [-0.15, -0.1) is 0 Å². The number of aromatic amines is 1. The van der Waals surface area contributed by atoms with Crippen molar-refractivity contribution in [3.8, 4) is 5.75 Å². The Balaban J connectivity index is 1.53. The molecule has 4 rings (SSSR count). The van der Waals surface area contributed by atoms with E-state index in [-0.39, 0.29) is 30.3 Å². The second kappa shape index (κ2) is 11.2. The fourth-order valence-corrected chi connectivity index (χ4v) is 5.24. The zero-order valence-electron chi connectivity index (χ0n) is 21.6. The van der Waals surface area contributed by atoms with Crippen LogP contribution in [0.2, 0.25) is 0 Å². The van der Waals surface area contributed by atoms with E-state index in [4.69, 9.17) is 0 Å². The molecule has 1 aromatic carbocycles. The van der Waals surface area contributed by atoms with Crippen LogP contribution >= 0.6 is 0 Å². The van der Waals surface area contributed by atoms with Crippen LogP contribution in [-0.4, -0.2) is 52.5 Å². The Morgan fingerprint density at radius 1 is 1.21 bits per heavy atom. The lowest BCUT2D eigenvalue weighted by atomic mass is 9.96. The van der Waals surface area contributed by atoms with E-state index in [1.165, 1.54) is 6.07 Å². The number of carbonyl (C=O) groups is 1. The number of nitrogens with zero attached hydrogens (tertiary/aromatic N) is 2. The lowest BCUT2D eigenvalue weighted by molar-refractivity contribution is -0.0506. The van der Waals surface area contributed by atoms with Gasteiger partial charge in [-0.05, 0) is 51.8 Å². The van der Waals surface area contributed by atoms with E-state index in [2.05, 4.69) is 19.6 Å². The van der Waals surface area contributed by atoms with Crippen molar-refractivity contribution in [2.75, 3.05) is 19.6 Å². The fraction of sp³-hybridized carbons (Fsp3) is 0.481. The van der Waals surface area contributed by atoms with Crippen LogP contribution in [0.25, 0.3) is 10.9 Å². The first kappa shape index (κ1) is 27.7. The number of aryl methyl sites for hydroxylation is 1. The van der Waals surface area contributed by atoms with E-state index in [0.717, 1.165) is 36.4 Å². The molecule has 11 heteroatoms. The number of halogens is 4. The van der Waals surface area contributed by atoms with Gasteiger partial charge in [0.1, 0.15) is 5.75 Å². The molecule has 38 heavy (non-hydrogen) atoms. The summed E-state index contributed by atoms with van der Waals surface area (Å²) in [6.45, 7) is 2.48. The molecule has 3 aromatic rings. The Kier molecular flexibility index (Phi) is 8.15. The lowest BCUT2D eigenvalue weighted by Gasteiger charge is -2.33. The quantitative estimate of drug-likeness (QED) is 0.384. The third-order valence-corrected chi connectivity index (χ3v) is 6.98. The summed E-state index contributed by atoms with van der Waals surface area (Å²) in [5.41, 5.74) is 1.67. The molecule has 0 aliphatic carbocycles. The molecule has 2 aromatic heterocycles. The first-order valence-electron chi connectivity index (χ1n) is 12.6. The maximum Gasteiger partial charge on any atom is 0.387 e. The number of likely N-dealkylation sites (tertiary alicyclic amines) is 1.